The quantitative estimate of drug-likeness (QED) is 0.864. The van der Waals surface area contributed by atoms with Crippen LogP contribution in [0, 0.1) is 0 Å². The molecule has 1 aliphatic heterocycles. The Kier molecular flexibility index (Phi) is 5.04. The van der Waals surface area contributed by atoms with E-state index in [-0.39, 0.29) is 12.0 Å². The molecule has 0 saturated carbocycles. The first kappa shape index (κ1) is 16.4. The van der Waals surface area contributed by atoms with Gasteiger partial charge >= 0.3 is 0 Å². The molecule has 4 heteroatoms. The van der Waals surface area contributed by atoms with Crippen molar-refractivity contribution in [1.29, 1.82) is 0 Å². The Bertz CT molecular complexity index is 685. The summed E-state index contributed by atoms with van der Waals surface area (Å²) in [5, 5.41) is 0. The van der Waals surface area contributed by atoms with Crippen molar-refractivity contribution in [3.8, 4) is 5.75 Å². The van der Waals surface area contributed by atoms with Gasteiger partial charge in [-0.15, -0.1) is 0 Å². The molecule has 0 radical (unpaired) electrons. The molecular formula is C20H24N2O2. The molecule has 0 aromatic heterocycles. The maximum Gasteiger partial charge on any atom is 0.254 e. The van der Waals surface area contributed by atoms with Crippen LogP contribution in [0.25, 0.3) is 0 Å². The highest BCUT2D eigenvalue weighted by Crippen LogP contribution is 2.21. The predicted octanol–water partition coefficient (Wildman–Crippen LogP) is 3.44. The topological polar surface area (TPSA) is 32.8 Å². The van der Waals surface area contributed by atoms with Gasteiger partial charge in [0.1, 0.15) is 11.9 Å². The summed E-state index contributed by atoms with van der Waals surface area (Å²) in [6, 6.07) is 17.6. The van der Waals surface area contributed by atoms with E-state index in [0.29, 0.717) is 6.54 Å². The van der Waals surface area contributed by atoms with Gasteiger partial charge in [0.05, 0.1) is 6.54 Å². The molecule has 0 N–H and O–H groups in total. The fraction of sp³-hybridized carbons (Fsp3) is 0.350. The predicted molar refractivity (Wildman–Crippen MR) is 96.8 cm³/mol. The van der Waals surface area contributed by atoms with Crippen LogP contribution in [0.2, 0.25) is 0 Å². The summed E-state index contributed by atoms with van der Waals surface area (Å²) < 4.78 is 6.03. The average Bonchev–Trinajstić information content (AvgIpc) is 2.62. The molecule has 0 spiro atoms. The monoisotopic (exact) mass is 324 g/mol. The van der Waals surface area contributed by atoms with Gasteiger partial charge in [0.15, 0.2) is 0 Å². The smallest absolute Gasteiger partial charge is 0.254 e. The van der Waals surface area contributed by atoms with E-state index in [4.69, 9.17) is 4.74 Å². The highest BCUT2D eigenvalue weighted by Gasteiger charge is 2.25. The van der Waals surface area contributed by atoms with Crippen LogP contribution in [0.15, 0.2) is 54.6 Å². The number of carbonyl (C=O) groups is 1. The Morgan fingerprint density at radius 2 is 1.92 bits per heavy atom. The number of nitrogens with zero attached hydrogens (tertiary/aromatic N) is 2. The number of ether oxygens (including phenoxy) is 1. The molecule has 1 aliphatic rings. The third-order valence-corrected chi connectivity index (χ3v) is 4.32. The molecule has 126 valence electrons. The van der Waals surface area contributed by atoms with Gasteiger partial charge in [-0.3, -0.25) is 4.79 Å². The Morgan fingerprint density at radius 3 is 2.67 bits per heavy atom. The lowest BCUT2D eigenvalue weighted by molar-refractivity contribution is 0.0538. The van der Waals surface area contributed by atoms with Gasteiger partial charge in [-0.1, -0.05) is 24.3 Å². The number of benzene rings is 2. The van der Waals surface area contributed by atoms with Crippen molar-refractivity contribution in [2.24, 2.45) is 0 Å². The Labute approximate surface area is 143 Å². The van der Waals surface area contributed by atoms with Gasteiger partial charge in [-0.05, 0) is 43.2 Å². The highest BCUT2D eigenvalue weighted by atomic mass is 16.5. The van der Waals surface area contributed by atoms with Crippen LogP contribution >= 0.6 is 0 Å². The van der Waals surface area contributed by atoms with Crippen molar-refractivity contribution in [3.63, 3.8) is 0 Å². The lowest BCUT2D eigenvalue weighted by Crippen LogP contribution is -2.44. The lowest BCUT2D eigenvalue weighted by Gasteiger charge is -2.33. The Hall–Kier alpha value is -2.49. The van der Waals surface area contributed by atoms with E-state index in [2.05, 4.69) is 0 Å². The Morgan fingerprint density at radius 1 is 1.12 bits per heavy atom. The van der Waals surface area contributed by atoms with Gasteiger partial charge < -0.3 is 14.5 Å². The first-order valence-corrected chi connectivity index (χ1v) is 8.42. The number of para-hydroxylation sites is 1. The standard InChI is InChI=1S/C20H24N2O2/c1-21(2)17-9-6-8-16(14-17)20(23)22-13-7-12-19(15-22)24-18-10-4-3-5-11-18/h3-6,8-11,14,19H,7,12-13,15H2,1-2H3. The van der Waals surface area contributed by atoms with Gasteiger partial charge in [0, 0.05) is 31.9 Å². The average molecular weight is 324 g/mol. The zero-order valence-electron chi connectivity index (χ0n) is 14.3. The molecule has 1 heterocycles. The Balaban J connectivity index is 1.68. The number of likely N-dealkylation sites (tertiary alicyclic amines) is 1. The van der Waals surface area contributed by atoms with E-state index in [9.17, 15) is 4.79 Å². The first-order chi connectivity index (χ1) is 11.6. The number of anilines is 1. The molecule has 1 atom stereocenters. The zero-order valence-corrected chi connectivity index (χ0v) is 14.3. The zero-order chi connectivity index (χ0) is 16.9. The van der Waals surface area contributed by atoms with Gasteiger partial charge in [-0.25, -0.2) is 0 Å². The summed E-state index contributed by atoms with van der Waals surface area (Å²) >= 11 is 0. The van der Waals surface area contributed by atoms with Crippen molar-refractivity contribution in [2.75, 3.05) is 32.1 Å². The number of piperidine rings is 1. The van der Waals surface area contributed by atoms with Crippen molar-refractivity contribution >= 4 is 11.6 Å². The first-order valence-electron chi connectivity index (χ1n) is 8.42. The minimum absolute atomic E-state index is 0.0575. The summed E-state index contributed by atoms with van der Waals surface area (Å²) in [7, 11) is 3.96. The number of rotatable bonds is 4. The molecule has 2 aromatic carbocycles. The van der Waals surface area contributed by atoms with Crippen LogP contribution in [0.5, 0.6) is 5.75 Å². The molecule has 4 nitrogen and oxygen atoms in total. The molecule has 0 aliphatic carbocycles. The van der Waals surface area contributed by atoms with Gasteiger partial charge in [-0.2, -0.15) is 0 Å². The molecule has 1 unspecified atom stereocenters. The summed E-state index contributed by atoms with van der Waals surface area (Å²) in [6.45, 7) is 1.43. The van der Waals surface area contributed by atoms with Crippen molar-refractivity contribution in [3.05, 3.63) is 60.2 Å². The molecule has 1 fully saturated rings. The molecule has 3 rings (SSSR count). The fourth-order valence-electron chi connectivity index (χ4n) is 3.01. The summed E-state index contributed by atoms with van der Waals surface area (Å²) in [5.74, 6) is 0.950. The number of hydrogen-bond donors (Lipinski definition) is 0. The van der Waals surface area contributed by atoms with Crippen LogP contribution in [0.1, 0.15) is 23.2 Å². The second-order valence-corrected chi connectivity index (χ2v) is 6.39. The van der Waals surface area contributed by atoms with E-state index in [0.717, 1.165) is 36.4 Å². The lowest BCUT2D eigenvalue weighted by atomic mass is 10.1. The minimum atomic E-state index is 0.0575. The summed E-state index contributed by atoms with van der Waals surface area (Å²) in [6.07, 6.45) is 2.01. The molecule has 24 heavy (non-hydrogen) atoms. The van der Waals surface area contributed by atoms with Crippen molar-refractivity contribution in [1.82, 2.24) is 4.90 Å². The number of carbonyl (C=O) groups excluding carboxylic acids is 1. The van der Waals surface area contributed by atoms with Gasteiger partial charge in [0.25, 0.3) is 5.91 Å². The largest absolute Gasteiger partial charge is 0.489 e. The second kappa shape index (κ2) is 7.39. The van der Waals surface area contributed by atoms with Crippen LogP contribution in [0.4, 0.5) is 5.69 Å². The number of hydrogen-bond acceptors (Lipinski definition) is 3. The fourth-order valence-corrected chi connectivity index (χ4v) is 3.01. The van der Waals surface area contributed by atoms with Crippen LogP contribution in [-0.4, -0.2) is 44.1 Å². The maximum absolute atomic E-state index is 12.8. The van der Waals surface area contributed by atoms with Crippen molar-refractivity contribution in [2.45, 2.75) is 18.9 Å². The SMILES string of the molecule is CN(C)c1cccc(C(=O)N2CCCC(Oc3ccccc3)C2)c1. The van der Waals surface area contributed by atoms with Crippen LogP contribution in [-0.2, 0) is 0 Å². The molecule has 1 amide bonds. The third-order valence-electron chi connectivity index (χ3n) is 4.32. The molecule has 0 bridgehead atoms. The minimum Gasteiger partial charge on any atom is -0.489 e. The summed E-state index contributed by atoms with van der Waals surface area (Å²) in [5.41, 5.74) is 1.77. The summed E-state index contributed by atoms with van der Waals surface area (Å²) in [4.78, 5) is 16.7. The van der Waals surface area contributed by atoms with Crippen LogP contribution in [0.3, 0.4) is 0 Å². The molecular weight excluding hydrogens is 300 g/mol. The number of amides is 1. The highest BCUT2D eigenvalue weighted by molar-refractivity contribution is 5.95. The van der Waals surface area contributed by atoms with Crippen LogP contribution < -0.4 is 9.64 Å². The van der Waals surface area contributed by atoms with E-state index in [1.54, 1.807) is 0 Å². The third kappa shape index (κ3) is 3.88. The van der Waals surface area contributed by atoms with Gasteiger partial charge in [0.2, 0.25) is 0 Å². The normalized spacial score (nSPS) is 17.4. The van der Waals surface area contributed by atoms with Crippen molar-refractivity contribution < 1.29 is 9.53 Å². The van der Waals surface area contributed by atoms with E-state index in [1.807, 2.05) is 78.5 Å². The molecule has 2 aromatic rings. The van der Waals surface area contributed by atoms with E-state index >= 15 is 0 Å². The second-order valence-electron chi connectivity index (χ2n) is 6.39. The van der Waals surface area contributed by atoms with E-state index < -0.39 is 0 Å². The van der Waals surface area contributed by atoms with E-state index in [1.165, 1.54) is 0 Å². The maximum atomic E-state index is 12.8. The molecule has 1 saturated heterocycles.